The summed E-state index contributed by atoms with van der Waals surface area (Å²) in [6, 6.07) is 18.5. The van der Waals surface area contributed by atoms with Gasteiger partial charge in [-0.3, -0.25) is 4.90 Å². The summed E-state index contributed by atoms with van der Waals surface area (Å²) in [5, 5.41) is 0. The summed E-state index contributed by atoms with van der Waals surface area (Å²) in [5.41, 5.74) is 2.28. The van der Waals surface area contributed by atoms with Crippen LogP contribution in [-0.4, -0.2) is 56.6 Å². The Kier molecular flexibility index (Phi) is 7.06. The Bertz CT molecular complexity index is 651. The summed E-state index contributed by atoms with van der Waals surface area (Å²) < 4.78 is 17.5. The van der Waals surface area contributed by atoms with Crippen LogP contribution in [0.1, 0.15) is 13.8 Å². The molecule has 0 aliphatic carbocycles. The SMILES string of the molecule is C[C@H]1CN(CCOCCOc2ccccc2-c2ccccc2)C[C@H](C)O1. The number of benzene rings is 2. The molecule has 1 saturated heterocycles. The van der Waals surface area contributed by atoms with Crippen LogP contribution in [-0.2, 0) is 9.47 Å². The molecule has 4 nitrogen and oxygen atoms in total. The van der Waals surface area contributed by atoms with Gasteiger partial charge in [0.05, 0.1) is 25.4 Å². The second kappa shape index (κ2) is 9.72. The Balaban J connectivity index is 1.39. The fraction of sp³-hybridized carbons (Fsp3) is 0.455. The summed E-state index contributed by atoms with van der Waals surface area (Å²) in [6.07, 6.45) is 0.605. The molecule has 140 valence electrons. The number of morpholine rings is 1. The molecule has 2 aromatic carbocycles. The molecule has 1 fully saturated rings. The molecule has 3 rings (SSSR count). The maximum Gasteiger partial charge on any atom is 0.127 e. The highest BCUT2D eigenvalue weighted by Crippen LogP contribution is 2.29. The predicted molar refractivity (Wildman–Crippen MR) is 105 cm³/mol. The van der Waals surface area contributed by atoms with E-state index in [2.05, 4.69) is 36.9 Å². The van der Waals surface area contributed by atoms with Gasteiger partial charge in [-0.1, -0.05) is 48.5 Å². The molecule has 0 amide bonds. The van der Waals surface area contributed by atoms with E-state index in [9.17, 15) is 0 Å². The fourth-order valence-corrected chi connectivity index (χ4v) is 3.42. The third-order valence-corrected chi connectivity index (χ3v) is 4.50. The molecule has 0 bridgehead atoms. The normalized spacial score (nSPS) is 20.8. The summed E-state index contributed by atoms with van der Waals surface area (Å²) >= 11 is 0. The third-order valence-electron chi connectivity index (χ3n) is 4.50. The lowest BCUT2D eigenvalue weighted by Crippen LogP contribution is -2.46. The Morgan fingerprint density at radius 1 is 0.885 bits per heavy atom. The maximum atomic E-state index is 5.96. The van der Waals surface area contributed by atoms with Crippen molar-refractivity contribution in [2.45, 2.75) is 26.1 Å². The van der Waals surface area contributed by atoms with Crippen molar-refractivity contribution in [2.24, 2.45) is 0 Å². The van der Waals surface area contributed by atoms with E-state index in [0.29, 0.717) is 25.4 Å². The van der Waals surface area contributed by atoms with Gasteiger partial charge in [0.2, 0.25) is 0 Å². The highest BCUT2D eigenvalue weighted by molar-refractivity contribution is 5.70. The lowest BCUT2D eigenvalue weighted by Gasteiger charge is -2.35. The van der Waals surface area contributed by atoms with Crippen molar-refractivity contribution in [3.05, 3.63) is 54.6 Å². The Morgan fingerprint density at radius 3 is 2.35 bits per heavy atom. The Labute approximate surface area is 156 Å². The molecule has 4 heteroatoms. The minimum absolute atomic E-state index is 0.302. The van der Waals surface area contributed by atoms with Crippen molar-refractivity contribution in [1.29, 1.82) is 0 Å². The van der Waals surface area contributed by atoms with Crippen LogP contribution in [0.4, 0.5) is 0 Å². The van der Waals surface area contributed by atoms with Crippen LogP contribution in [0.15, 0.2) is 54.6 Å². The van der Waals surface area contributed by atoms with Gasteiger partial charge in [0.15, 0.2) is 0 Å². The van der Waals surface area contributed by atoms with E-state index in [-0.39, 0.29) is 0 Å². The molecule has 26 heavy (non-hydrogen) atoms. The number of nitrogens with zero attached hydrogens (tertiary/aromatic N) is 1. The summed E-state index contributed by atoms with van der Waals surface area (Å²) in [7, 11) is 0. The van der Waals surface area contributed by atoms with E-state index in [0.717, 1.165) is 37.6 Å². The molecule has 0 spiro atoms. The average molecular weight is 355 g/mol. The molecular formula is C22H29NO3. The molecule has 1 aliphatic heterocycles. The van der Waals surface area contributed by atoms with Gasteiger partial charge in [0.1, 0.15) is 12.4 Å². The van der Waals surface area contributed by atoms with Gasteiger partial charge in [-0.2, -0.15) is 0 Å². The predicted octanol–water partition coefficient (Wildman–Crippen LogP) is 3.86. The molecule has 0 N–H and O–H groups in total. The van der Waals surface area contributed by atoms with Gasteiger partial charge >= 0.3 is 0 Å². The van der Waals surface area contributed by atoms with Crippen LogP contribution in [0.3, 0.4) is 0 Å². The zero-order valence-corrected chi connectivity index (χ0v) is 15.8. The van der Waals surface area contributed by atoms with Gasteiger partial charge in [0, 0.05) is 25.2 Å². The van der Waals surface area contributed by atoms with Crippen molar-refractivity contribution >= 4 is 0 Å². The van der Waals surface area contributed by atoms with Gasteiger partial charge in [-0.05, 0) is 25.5 Å². The number of ether oxygens (including phenoxy) is 3. The first kappa shape index (κ1) is 18.9. The van der Waals surface area contributed by atoms with Gasteiger partial charge < -0.3 is 14.2 Å². The molecular weight excluding hydrogens is 326 g/mol. The highest BCUT2D eigenvalue weighted by Gasteiger charge is 2.21. The van der Waals surface area contributed by atoms with Gasteiger partial charge in [-0.25, -0.2) is 0 Å². The van der Waals surface area contributed by atoms with E-state index in [1.54, 1.807) is 0 Å². The molecule has 2 atom stereocenters. The van der Waals surface area contributed by atoms with Crippen molar-refractivity contribution < 1.29 is 14.2 Å². The summed E-state index contributed by atoms with van der Waals surface area (Å²) in [4.78, 5) is 2.41. The smallest absolute Gasteiger partial charge is 0.127 e. The number of hydrogen-bond acceptors (Lipinski definition) is 4. The average Bonchev–Trinajstić information content (AvgIpc) is 2.65. The van der Waals surface area contributed by atoms with Gasteiger partial charge in [-0.15, -0.1) is 0 Å². The molecule has 1 heterocycles. The van der Waals surface area contributed by atoms with Crippen molar-refractivity contribution in [2.75, 3.05) is 39.5 Å². The standard InChI is InChI=1S/C22H29NO3/c1-18-16-23(17-19(2)26-18)12-13-24-14-15-25-22-11-7-6-10-21(22)20-8-4-3-5-9-20/h3-11,18-19H,12-17H2,1-2H3/t18-,19-/m0/s1. The minimum atomic E-state index is 0.302. The lowest BCUT2D eigenvalue weighted by molar-refractivity contribution is -0.0734. The number of para-hydroxylation sites is 1. The quantitative estimate of drug-likeness (QED) is 0.673. The number of rotatable bonds is 8. The summed E-state index contributed by atoms with van der Waals surface area (Å²) in [6.45, 7) is 9.03. The minimum Gasteiger partial charge on any atom is -0.491 e. The summed E-state index contributed by atoms with van der Waals surface area (Å²) in [5.74, 6) is 0.901. The van der Waals surface area contributed by atoms with Crippen LogP contribution in [0.25, 0.3) is 11.1 Å². The Hall–Kier alpha value is -1.88. The first-order valence-electron chi connectivity index (χ1n) is 9.45. The van der Waals surface area contributed by atoms with E-state index >= 15 is 0 Å². The van der Waals surface area contributed by atoms with Crippen LogP contribution in [0.5, 0.6) is 5.75 Å². The van der Waals surface area contributed by atoms with Crippen LogP contribution >= 0.6 is 0 Å². The van der Waals surface area contributed by atoms with Crippen LogP contribution in [0.2, 0.25) is 0 Å². The van der Waals surface area contributed by atoms with Crippen LogP contribution < -0.4 is 4.74 Å². The molecule has 0 aromatic heterocycles. The third kappa shape index (κ3) is 5.56. The largest absolute Gasteiger partial charge is 0.491 e. The molecule has 0 radical (unpaired) electrons. The van der Waals surface area contributed by atoms with E-state index in [1.165, 1.54) is 5.56 Å². The first-order chi connectivity index (χ1) is 12.7. The van der Waals surface area contributed by atoms with Gasteiger partial charge in [0.25, 0.3) is 0 Å². The second-order valence-electron chi connectivity index (χ2n) is 6.84. The molecule has 0 saturated carbocycles. The molecule has 0 unspecified atom stereocenters. The van der Waals surface area contributed by atoms with E-state index < -0.39 is 0 Å². The number of hydrogen-bond donors (Lipinski definition) is 0. The fourth-order valence-electron chi connectivity index (χ4n) is 3.42. The lowest BCUT2D eigenvalue weighted by atomic mass is 10.1. The first-order valence-corrected chi connectivity index (χ1v) is 9.45. The topological polar surface area (TPSA) is 30.9 Å². The molecule has 1 aliphatic rings. The highest BCUT2D eigenvalue weighted by atomic mass is 16.5. The monoisotopic (exact) mass is 355 g/mol. The van der Waals surface area contributed by atoms with Crippen LogP contribution in [0, 0.1) is 0 Å². The van der Waals surface area contributed by atoms with E-state index in [1.807, 2.05) is 36.4 Å². The zero-order valence-electron chi connectivity index (χ0n) is 15.8. The van der Waals surface area contributed by atoms with Crippen molar-refractivity contribution in [3.63, 3.8) is 0 Å². The maximum absolute atomic E-state index is 5.96. The van der Waals surface area contributed by atoms with Crippen molar-refractivity contribution in [3.8, 4) is 16.9 Å². The Morgan fingerprint density at radius 2 is 1.58 bits per heavy atom. The molecule has 2 aromatic rings. The van der Waals surface area contributed by atoms with Crippen molar-refractivity contribution in [1.82, 2.24) is 4.90 Å². The second-order valence-corrected chi connectivity index (χ2v) is 6.84. The zero-order chi connectivity index (χ0) is 18.2. The van der Waals surface area contributed by atoms with E-state index in [4.69, 9.17) is 14.2 Å².